The zero-order chi connectivity index (χ0) is 25.9. The second kappa shape index (κ2) is 10.8. The van der Waals surface area contributed by atoms with Crippen LogP contribution >= 0.6 is 0 Å². The SMILES string of the molecule is CN(C)c1nc(N[C@H]2CC[C@@H](NCc3cc(-c4ccccc4)nc4ccccc34)CC2)nc2ccccc12. The Morgan fingerprint density at radius 1 is 0.711 bits per heavy atom. The smallest absolute Gasteiger partial charge is 0.225 e. The Morgan fingerprint density at radius 3 is 2.08 bits per heavy atom. The quantitative estimate of drug-likeness (QED) is 0.268. The summed E-state index contributed by atoms with van der Waals surface area (Å²) in [6.45, 7) is 0.839. The van der Waals surface area contributed by atoms with E-state index in [1.165, 1.54) is 10.9 Å². The van der Waals surface area contributed by atoms with Crippen molar-refractivity contribution < 1.29 is 0 Å². The van der Waals surface area contributed by atoms with E-state index in [0.717, 1.165) is 71.7 Å². The lowest BCUT2D eigenvalue weighted by Gasteiger charge is -2.30. The van der Waals surface area contributed by atoms with Gasteiger partial charge in [0.05, 0.1) is 16.7 Å². The lowest BCUT2D eigenvalue weighted by Crippen LogP contribution is -2.37. The summed E-state index contributed by atoms with van der Waals surface area (Å²) >= 11 is 0. The molecule has 0 bridgehead atoms. The van der Waals surface area contributed by atoms with Crippen molar-refractivity contribution in [1.29, 1.82) is 0 Å². The normalized spacial score (nSPS) is 17.5. The van der Waals surface area contributed by atoms with E-state index in [1.54, 1.807) is 0 Å². The number of pyridine rings is 1. The van der Waals surface area contributed by atoms with Crippen molar-refractivity contribution in [2.75, 3.05) is 24.3 Å². The summed E-state index contributed by atoms with van der Waals surface area (Å²) in [5, 5.41) is 9.78. The maximum absolute atomic E-state index is 4.94. The number of benzene rings is 3. The van der Waals surface area contributed by atoms with Crippen LogP contribution in [0.4, 0.5) is 11.8 Å². The van der Waals surface area contributed by atoms with E-state index in [9.17, 15) is 0 Å². The molecule has 0 radical (unpaired) electrons. The van der Waals surface area contributed by atoms with Crippen LogP contribution in [0.2, 0.25) is 0 Å². The summed E-state index contributed by atoms with van der Waals surface area (Å²) in [4.78, 5) is 16.6. The van der Waals surface area contributed by atoms with Gasteiger partial charge in [0, 0.05) is 49.1 Å². The molecule has 192 valence electrons. The Morgan fingerprint density at radius 2 is 1.34 bits per heavy atom. The summed E-state index contributed by atoms with van der Waals surface area (Å²) in [5.41, 5.74) is 5.51. The largest absolute Gasteiger partial charge is 0.362 e. The molecular weight excluding hydrogens is 468 g/mol. The third-order valence-electron chi connectivity index (χ3n) is 7.52. The highest BCUT2D eigenvalue weighted by Crippen LogP contribution is 2.28. The highest BCUT2D eigenvalue weighted by Gasteiger charge is 2.22. The van der Waals surface area contributed by atoms with E-state index in [-0.39, 0.29) is 0 Å². The number of hydrogen-bond acceptors (Lipinski definition) is 6. The molecule has 1 aliphatic rings. The Hall–Kier alpha value is -4.03. The molecule has 0 unspecified atom stereocenters. The predicted octanol–water partition coefficient (Wildman–Crippen LogP) is 6.42. The maximum Gasteiger partial charge on any atom is 0.225 e. The van der Waals surface area contributed by atoms with E-state index < -0.39 is 0 Å². The Balaban J connectivity index is 1.12. The molecule has 1 aliphatic carbocycles. The molecule has 38 heavy (non-hydrogen) atoms. The average Bonchev–Trinajstić information content (AvgIpc) is 2.96. The van der Waals surface area contributed by atoms with Crippen molar-refractivity contribution in [2.24, 2.45) is 0 Å². The van der Waals surface area contributed by atoms with Crippen LogP contribution in [-0.4, -0.2) is 41.1 Å². The van der Waals surface area contributed by atoms with Gasteiger partial charge in [0.15, 0.2) is 0 Å². The zero-order valence-electron chi connectivity index (χ0n) is 22.1. The van der Waals surface area contributed by atoms with Gasteiger partial charge in [-0.2, -0.15) is 4.98 Å². The van der Waals surface area contributed by atoms with Gasteiger partial charge in [-0.05, 0) is 55.5 Å². The lowest BCUT2D eigenvalue weighted by molar-refractivity contribution is 0.352. The van der Waals surface area contributed by atoms with Crippen LogP contribution in [0.25, 0.3) is 33.1 Å². The van der Waals surface area contributed by atoms with Gasteiger partial charge in [-0.15, -0.1) is 0 Å². The van der Waals surface area contributed by atoms with Crippen LogP contribution in [0, 0.1) is 0 Å². The number of nitrogens with zero attached hydrogens (tertiary/aromatic N) is 4. The van der Waals surface area contributed by atoms with Gasteiger partial charge in [-0.25, -0.2) is 9.97 Å². The number of aromatic nitrogens is 3. The van der Waals surface area contributed by atoms with Crippen molar-refractivity contribution in [3.63, 3.8) is 0 Å². The molecule has 2 N–H and O–H groups in total. The molecule has 6 nitrogen and oxygen atoms in total. The molecule has 6 rings (SSSR count). The first-order chi connectivity index (χ1) is 18.6. The van der Waals surface area contributed by atoms with Gasteiger partial charge < -0.3 is 15.5 Å². The summed E-state index contributed by atoms with van der Waals surface area (Å²) in [5.74, 6) is 1.67. The van der Waals surface area contributed by atoms with Gasteiger partial charge in [-0.1, -0.05) is 60.7 Å². The predicted molar refractivity (Wildman–Crippen MR) is 158 cm³/mol. The maximum atomic E-state index is 4.94. The van der Waals surface area contributed by atoms with Crippen LogP contribution in [0.1, 0.15) is 31.2 Å². The summed E-state index contributed by atoms with van der Waals surface area (Å²) < 4.78 is 0. The minimum absolute atomic E-state index is 0.385. The molecule has 0 aliphatic heterocycles. The van der Waals surface area contributed by atoms with Gasteiger partial charge >= 0.3 is 0 Å². The molecule has 6 heteroatoms. The average molecular weight is 503 g/mol. The summed E-state index contributed by atoms with van der Waals surface area (Å²) in [6, 6.07) is 30.2. The van der Waals surface area contributed by atoms with Crippen molar-refractivity contribution in [1.82, 2.24) is 20.3 Å². The minimum Gasteiger partial charge on any atom is -0.362 e. The Bertz CT molecular complexity index is 1540. The van der Waals surface area contributed by atoms with Gasteiger partial charge in [0.2, 0.25) is 5.95 Å². The van der Waals surface area contributed by atoms with Gasteiger partial charge in [0.25, 0.3) is 0 Å². The zero-order valence-corrected chi connectivity index (χ0v) is 22.1. The van der Waals surface area contributed by atoms with E-state index in [2.05, 4.69) is 82.3 Å². The number of para-hydroxylation sites is 2. The molecule has 3 aromatic carbocycles. The molecular formula is C32H34N6. The highest BCUT2D eigenvalue weighted by molar-refractivity contribution is 5.90. The Labute approximate surface area is 224 Å². The van der Waals surface area contributed by atoms with Crippen LogP contribution in [0.5, 0.6) is 0 Å². The molecule has 2 aromatic heterocycles. The minimum atomic E-state index is 0.385. The van der Waals surface area contributed by atoms with Crippen molar-refractivity contribution in [3.05, 3.63) is 90.5 Å². The number of rotatable bonds is 7. The number of fused-ring (bicyclic) bond motifs is 2. The first-order valence-corrected chi connectivity index (χ1v) is 13.5. The van der Waals surface area contributed by atoms with E-state index in [0.29, 0.717) is 12.1 Å². The number of nitrogens with one attached hydrogen (secondary N) is 2. The van der Waals surface area contributed by atoms with Crippen LogP contribution < -0.4 is 15.5 Å². The monoisotopic (exact) mass is 502 g/mol. The lowest BCUT2D eigenvalue weighted by atomic mass is 9.91. The number of hydrogen-bond donors (Lipinski definition) is 2. The first-order valence-electron chi connectivity index (χ1n) is 13.5. The molecule has 1 saturated carbocycles. The standard InChI is InChI=1S/C32H34N6/c1-38(2)31-27-13-7-9-15-29(27)36-32(37-31)34-25-18-16-24(17-19-25)33-21-23-20-30(22-10-4-3-5-11-22)35-28-14-8-6-12-26(23)28/h3-15,20,24-25,33H,16-19,21H2,1-2H3,(H,34,36,37)/t24-,25+. The van der Waals surface area contributed by atoms with Crippen LogP contribution in [0.15, 0.2) is 84.9 Å². The van der Waals surface area contributed by atoms with Crippen LogP contribution in [-0.2, 0) is 6.54 Å². The van der Waals surface area contributed by atoms with Crippen molar-refractivity contribution in [3.8, 4) is 11.3 Å². The van der Waals surface area contributed by atoms with Crippen molar-refractivity contribution in [2.45, 2.75) is 44.3 Å². The molecule has 2 heterocycles. The molecule has 5 aromatic rings. The Kier molecular flexibility index (Phi) is 6.88. The fourth-order valence-corrected chi connectivity index (χ4v) is 5.49. The molecule has 0 saturated heterocycles. The second-order valence-corrected chi connectivity index (χ2v) is 10.4. The van der Waals surface area contributed by atoms with Crippen LogP contribution in [0.3, 0.4) is 0 Å². The van der Waals surface area contributed by atoms with E-state index >= 15 is 0 Å². The summed E-state index contributed by atoms with van der Waals surface area (Å²) in [7, 11) is 4.06. The fourth-order valence-electron chi connectivity index (χ4n) is 5.49. The highest BCUT2D eigenvalue weighted by atomic mass is 15.2. The third kappa shape index (κ3) is 5.18. The number of anilines is 2. The van der Waals surface area contributed by atoms with E-state index in [1.807, 2.05) is 32.3 Å². The topological polar surface area (TPSA) is 66.0 Å². The van der Waals surface area contributed by atoms with Crippen molar-refractivity contribution >= 4 is 33.6 Å². The summed E-state index contributed by atoms with van der Waals surface area (Å²) in [6.07, 6.45) is 4.44. The molecule has 0 spiro atoms. The van der Waals surface area contributed by atoms with E-state index in [4.69, 9.17) is 15.0 Å². The first kappa shape index (κ1) is 24.3. The molecule has 1 fully saturated rings. The van der Waals surface area contributed by atoms with Gasteiger partial charge in [-0.3, -0.25) is 0 Å². The fraction of sp³-hybridized carbons (Fsp3) is 0.281. The third-order valence-corrected chi connectivity index (χ3v) is 7.52. The molecule has 0 atom stereocenters. The van der Waals surface area contributed by atoms with Gasteiger partial charge in [0.1, 0.15) is 5.82 Å². The second-order valence-electron chi connectivity index (χ2n) is 10.4. The molecule has 0 amide bonds.